The monoisotopic (exact) mass is 482 g/mol. The molecule has 184 valence electrons. The largest absolute Gasteiger partial charge is 0.481 e. The zero-order valence-electron chi connectivity index (χ0n) is 20.0. The lowest BCUT2D eigenvalue weighted by atomic mass is 9.86. The number of methoxy groups -OCH3 is 1. The number of fused-ring (bicyclic) bond motifs is 1. The molecule has 2 N–H and O–H groups in total. The molecule has 2 aromatic heterocycles. The van der Waals surface area contributed by atoms with Gasteiger partial charge >= 0.3 is 0 Å². The molecule has 0 aliphatic carbocycles. The fourth-order valence-electron chi connectivity index (χ4n) is 4.20. The number of amides is 2. The highest BCUT2D eigenvalue weighted by Gasteiger charge is 2.37. The second kappa shape index (κ2) is 9.36. The Morgan fingerprint density at radius 2 is 2.03 bits per heavy atom. The molecule has 1 atom stereocenters. The molecule has 0 saturated heterocycles. The van der Waals surface area contributed by atoms with Crippen LogP contribution in [0.4, 0.5) is 10.1 Å². The van der Waals surface area contributed by atoms with Gasteiger partial charge in [0.25, 0.3) is 11.5 Å². The van der Waals surface area contributed by atoms with Crippen molar-refractivity contribution in [3.63, 3.8) is 0 Å². The summed E-state index contributed by atoms with van der Waals surface area (Å²) >= 11 is 0. The van der Waals surface area contributed by atoms with Gasteiger partial charge in [-0.2, -0.15) is 5.16 Å². The molecule has 1 aliphatic heterocycles. The first kappa shape index (κ1) is 24.2. The van der Waals surface area contributed by atoms with E-state index in [-0.39, 0.29) is 24.4 Å². The summed E-state index contributed by atoms with van der Waals surface area (Å²) in [5.41, 5.74) is 1.14. The summed E-state index contributed by atoms with van der Waals surface area (Å²) in [6.45, 7) is 5.93. The van der Waals surface area contributed by atoms with Gasteiger partial charge in [-0.15, -0.1) is 0 Å². The zero-order chi connectivity index (χ0) is 25.3. The molecule has 3 aromatic rings. The Morgan fingerprint density at radius 1 is 1.26 bits per heavy atom. The van der Waals surface area contributed by atoms with E-state index in [4.69, 9.17) is 9.26 Å². The van der Waals surface area contributed by atoms with Crippen molar-refractivity contribution in [2.24, 2.45) is 0 Å². The first-order valence-electron chi connectivity index (χ1n) is 11.2. The Kier molecular flexibility index (Phi) is 6.47. The number of aromatic nitrogens is 2. The van der Waals surface area contributed by atoms with Crippen LogP contribution in [0.1, 0.15) is 49.4 Å². The van der Waals surface area contributed by atoms with E-state index in [1.165, 1.54) is 24.1 Å². The summed E-state index contributed by atoms with van der Waals surface area (Å²) in [5.74, 6) is -0.774. The highest BCUT2D eigenvalue weighted by molar-refractivity contribution is 5.98. The van der Waals surface area contributed by atoms with Crippen LogP contribution in [0.3, 0.4) is 0 Å². The quantitative estimate of drug-likeness (QED) is 0.577. The minimum atomic E-state index is -1.01. The average molecular weight is 483 g/mol. The molecule has 0 spiro atoms. The number of hydrogen-bond acceptors (Lipinski definition) is 6. The molecule has 35 heavy (non-hydrogen) atoms. The van der Waals surface area contributed by atoms with Gasteiger partial charge in [-0.3, -0.25) is 14.4 Å². The molecule has 9 nitrogen and oxygen atoms in total. The number of pyridine rings is 1. The molecule has 1 aromatic carbocycles. The zero-order valence-corrected chi connectivity index (χ0v) is 20.0. The van der Waals surface area contributed by atoms with Crippen molar-refractivity contribution >= 4 is 17.5 Å². The van der Waals surface area contributed by atoms with Crippen molar-refractivity contribution in [2.75, 3.05) is 19.0 Å². The van der Waals surface area contributed by atoms with Crippen molar-refractivity contribution in [2.45, 2.75) is 45.1 Å². The van der Waals surface area contributed by atoms with Crippen molar-refractivity contribution in [1.82, 2.24) is 15.0 Å². The van der Waals surface area contributed by atoms with Crippen LogP contribution in [-0.4, -0.2) is 40.5 Å². The van der Waals surface area contributed by atoms with E-state index in [0.717, 1.165) is 0 Å². The number of anilines is 1. The molecule has 0 bridgehead atoms. The second-order valence-corrected chi connectivity index (χ2v) is 9.42. The van der Waals surface area contributed by atoms with Gasteiger partial charge in [-0.1, -0.05) is 26.8 Å². The summed E-state index contributed by atoms with van der Waals surface area (Å²) in [6, 6.07) is 8.05. The molecule has 10 heteroatoms. The number of carbonyl (C=O) groups excluding carboxylic acids is 2. The van der Waals surface area contributed by atoms with Crippen molar-refractivity contribution < 1.29 is 23.2 Å². The van der Waals surface area contributed by atoms with E-state index in [2.05, 4.69) is 15.5 Å². The Balaban J connectivity index is 1.65. The molecule has 0 saturated carbocycles. The van der Waals surface area contributed by atoms with Crippen LogP contribution < -0.4 is 15.6 Å². The van der Waals surface area contributed by atoms with E-state index in [9.17, 15) is 18.8 Å². The number of carbonyl (C=O) groups is 2. The van der Waals surface area contributed by atoms with Gasteiger partial charge in [0.1, 0.15) is 17.6 Å². The molecular weight excluding hydrogens is 455 g/mol. The summed E-state index contributed by atoms with van der Waals surface area (Å²) in [4.78, 5) is 43.9. The smallest absolute Gasteiger partial charge is 0.280 e. The first-order chi connectivity index (χ1) is 16.6. The second-order valence-electron chi connectivity index (χ2n) is 9.42. The van der Waals surface area contributed by atoms with E-state index in [1.54, 1.807) is 24.3 Å². The van der Waals surface area contributed by atoms with Gasteiger partial charge in [0, 0.05) is 36.3 Å². The lowest BCUT2D eigenvalue weighted by Crippen LogP contribution is -2.46. The Hall–Kier alpha value is -3.95. The van der Waals surface area contributed by atoms with Gasteiger partial charge in [-0.25, -0.2) is 9.37 Å². The van der Waals surface area contributed by atoms with Crippen molar-refractivity contribution in [1.29, 1.82) is 0 Å². The van der Waals surface area contributed by atoms with Crippen LogP contribution in [0.2, 0.25) is 0 Å². The van der Waals surface area contributed by atoms with Crippen molar-refractivity contribution in [3.05, 3.63) is 75.2 Å². The van der Waals surface area contributed by atoms with Gasteiger partial charge in [0.15, 0.2) is 0 Å². The summed E-state index contributed by atoms with van der Waals surface area (Å²) < 4.78 is 24.9. The van der Waals surface area contributed by atoms with Crippen LogP contribution in [0.5, 0.6) is 5.88 Å². The summed E-state index contributed by atoms with van der Waals surface area (Å²) in [5, 5.41) is 4.89. The van der Waals surface area contributed by atoms with Crippen LogP contribution in [0.15, 0.2) is 45.7 Å². The predicted molar refractivity (Wildman–Crippen MR) is 126 cm³/mol. The minimum Gasteiger partial charge on any atom is -0.481 e. The minimum absolute atomic E-state index is 0.164. The third-order valence-corrected chi connectivity index (χ3v) is 5.90. The number of hydrogen-bond donors (Lipinski definition) is 2. The molecule has 1 unspecified atom stereocenters. The van der Waals surface area contributed by atoms with Crippen LogP contribution in [0, 0.1) is 5.82 Å². The molecule has 0 fully saturated rings. The van der Waals surface area contributed by atoms with Crippen LogP contribution >= 0.6 is 0 Å². The highest BCUT2D eigenvalue weighted by atomic mass is 19.1. The number of H-pyrrole nitrogens is 1. The van der Waals surface area contributed by atoms with Gasteiger partial charge in [-0.05, 0) is 29.2 Å². The fourth-order valence-corrected chi connectivity index (χ4v) is 4.20. The van der Waals surface area contributed by atoms with Crippen molar-refractivity contribution in [3.8, 4) is 5.88 Å². The van der Waals surface area contributed by atoms with E-state index in [0.29, 0.717) is 29.1 Å². The maximum Gasteiger partial charge on any atom is 0.280 e. The molecular formula is C25H27FN4O5. The van der Waals surface area contributed by atoms with Gasteiger partial charge in [0.05, 0.1) is 19.2 Å². The fraction of sp³-hybridized carbons (Fsp3) is 0.360. The number of nitrogens with one attached hydrogen (secondary N) is 2. The number of rotatable bonds is 5. The normalized spacial score (nSPS) is 15.5. The van der Waals surface area contributed by atoms with Crippen LogP contribution in [-0.2, 0) is 27.8 Å². The number of aromatic amines is 1. The molecule has 1 aliphatic rings. The maximum absolute atomic E-state index is 14.7. The molecule has 3 heterocycles. The van der Waals surface area contributed by atoms with E-state index >= 15 is 0 Å². The number of ether oxygens (including phenoxy) is 1. The number of halogens is 1. The van der Waals surface area contributed by atoms with Gasteiger partial charge in [0.2, 0.25) is 11.8 Å². The number of benzene rings is 1. The highest BCUT2D eigenvalue weighted by Crippen LogP contribution is 2.33. The molecule has 0 radical (unpaired) electrons. The first-order valence-corrected chi connectivity index (χ1v) is 11.2. The standard InChI is InChI=1S/C25H27FN4O5/c1-25(2,3)17-7-5-14(11-18(17)26)27-24(33)23-16-6-8-21(34-4)28-19(16)9-10-30(23)22(32)13-15-12-20(31)29-35-15/h5-8,11-12,23H,9-10,13H2,1-4H3,(H,27,33)(H,29,31). The topological polar surface area (TPSA) is 118 Å². The molecule has 4 rings (SSSR count). The lowest BCUT2D eigenvalue weighted by molar-refractivity contribution is -0.139. The van der Waals surface area contributed by atoms with Crippen LogP contribution in [0.25, 0.3) is 0 Å². The Morgan fingerprint density at radius 3 is 2.66 bits per heavy atom. The lowest BCUT2D eigenvalue weighted by Gasteiger charge is -2.36. The predicted octanol–water partition coefficient (Wildman–Crippen LogP) is 3.12. The Bertz CT molecular complexity index is 1320. The third kappa shape index (κ3) is 5.11. The number of nitrogens with zero attached hydrogens (tertiary/aromatic N) is 2. The maximum atomic E-state index is 14.7. The van der Waals surface area contributed by atoms with E-state index in [1.807, 2.05) is 20.8 Å². The molecule has 2 amide bonds. The van der Waals surface area contributed by atoms with Gasteiger partial charge < -0.3 is 19.5 Å². The summed E-state index contributed by atoms with van der Waals surface area (Å²) in [7, 11) is 1.50. The Labute approximate surface area is 201 Å². The summed E-state index contributed by atoms with van der Waals surface area (Å²) in [6.07, 6.45) is 0.213. The SMILES string of the molecule is COc1ccc2c(n1)CCN(C(=O)Cc1cc(=O)[nH]o1)C2C(=O)Nc1ccc(C(C)(C)C)c(F)c1. The average Bonchev–Trinajstić information content (AvgIpc) is 3.21. The van der Waals surface area contributed by atoms with E-state index < -0.39 is 34.6 Å². The third-order valence-electron chi connectivity index (χ3n) is 5.90.